The third-order valence-electron chi connectivity index (χ3n) is 5.26. The first-order chi connectivity index (χ1) is 10.4. The lowest BCUT2D eigenvalue weighted by atomic mass is 9.91. The van der Waals surface area contributed by atoms with E-state index in [0.29, 0.717) is 12.0 Å². The summed E-state index contributed by atoms with van der Waals surface area (Å²) in [4.78, 5) is 0. The van der Waals surface area contributed by atoms with E-state index in [9.17, 15) is 0 Å². The van der Waals surface area contributed by atoms with Crippen LogP contribution in [0.1, 0.15) is 92.4 Å². The van der Waals surface area contributed by atoms with Crippen molar-refractivity contribution in [2.24, 2.45) is 23.7 Å². The molecule has 1 nitrogen and oxygen atoms in total. The number of alkyl halides is 1. The van der Waals surface area contributed by atoms with Crippen molar-refractivity contribution in [2.45, 2.75) is 104 Å². The maximum absolute atomic E-state index is 5.92. The number of halogens is 1. The van der Waals surface area contributed by atoms with Gasteiger partial charge in [-0.05, 0) is 30.1 Å². The van der Waals surface area contributed by atoms with Gasteiger partial charge in [-0.1, -0.05) is 97.6 Å². The van der Waals surface area contributed by atoms with Gasteiger partial charge < -0.3 is 4.74 Å². The molecule has 0 radical (unpaired) electrons. The Morgan fingerprint density at radius 3 is 1.55 bits per heavy atom. The molecule has 0 bridgehead atoms. The van der Waals surface area contributed by atoms with Gasteiger partial charge in [0.2, 0.25) is 0 Å². The van der Waals surface area contributed by atoms with Crippen molar-refractivity contribution in [3.63, 3.8) is 0 Å². The molecule has 1 fully saturated rings. The zero-order chi connectivity index (χ0) is 16.5. The second kappa shape index (κ2) is 10.9. The minimum atomic E-state index is 0.00427. The van der Waals surface area contributed by atoms with Crippen LogP contribution in [-0.4, -0.2) is 11.7 Å². The molecule has 132 valence electrons. The zero-order valence-electron chi connectivity index (χ0n) is 15.6. The van der Waals surface area contributed by atoms with Gasteiger partial charge in [0.1, 0.15) is 6.10 Å². The Balaban J connectivity index is 1.93. The fourth-order valence-corrected chi connectivity index (χ4v) is 3.79. The van der Waals surface area contributed by atoms with Crippen molar-refractivity contribution in [3.8, 4) is 0 Å². The van der Waals surface area contributed by atoms with Gasteiger partial charge >= 0.3 is 0 Å². The average molecular weight is 331 g/mol. The molecular weight excluding hydrogens is 292 g/mol. The SMILES string of the molecule is CC(C)CCC[C@@H](C)CCC[C@@H](C)CCC[C@H](C)[C@@H]1OC1Cl. The summed E-state index contributed by atoms with van der Waals surface area (Å²) in [5.74, 6) is 3.29. The molecule has 1 aliphatic heterocycles. The van der Waals surface area contributed by atoms with Crippen LogP contribution in [0.3, 0.4) is 0 Å². The molecule has 0 aromatic rings. The number of ether oxygens (including phenoxy) is 1. The lowest BCUT2D eigenvalue weighted by Gasteiger charge is -2.15. The zero-order valence-corrected chi connectivity index (χ0v) is 16.4. The minimum Gasteiger partial charge on any atom is -0.352 e. The summed E-state index contributed by atoms with van der Waals surface area (Å²) < 4.78 is 5.34. The highest BCUT2D eigenvalue weighted by Gasteiger charge is 2.40. The molecule has 1 rings (SSSR count). The van der Waals surface area contributed by atoms with E-state index in [-0.39, 0.29) is 5.56 Å². The Kier molecular flexibility index (Phi) is 10.1. The van der Waals surface area contributed by atoms with Gasteiger partial charge in [0.05, 0.1) is 0 Å². The average Bonchev–Trinajstić information content (AvgIpc) is 3.15. The third kappa shape index (κ3) is 9.40. The van der Waals surface area contributed by atoms with Crippen molar-refractivity contribution < 1.29 is 4.74 Å². The van der Waals surface area contributed by atoms with Gasteiger partial charge in [-0.2, -0.15) is 0 Å². The topological polar surface area (TPSA) is 12.5 Å². The summed E-state index contributed by atoms with van der Waals surface area (Å²) in [6.07, 6.45) is 12.8. The summed E-state index contributed by atoms with van der Waals surface area (Å²) in [6, 6.07) is 0. The Labute approximate surface area is 144 Å². The van der Waals surface area contributed by atoms with Gasteiger partial charge in [-0.3, -0.25) is 0 Å². The summed E-state index contributed by atoms with van der Waals surface area (Å²) >= 11 is 5.92. The predicted molar refractivity (Wildman–Crippen MR) is 98.4 cm³/mol. The fraction of sp³-hybridized carbons (Fsp3) is 1.00. The molecule has 0 aliphatic carbocycles. The van der Waals surface area contributed by atoms with Crippen LogP contribution < -0.4 is 0 Å². The molecule has 2 heteroatoms. The van der Waals surface area contributed by atoms with Crippen LogP contribution in [-0.2, 0) is 4.74 Å². The fourth-order valence-electron chi connectivity index (χ4n) is 3.43. The van der Waals surface area contributed by atoms with Crippen molar-refractivity contribution >= 4 is 11.6 Å². The predicted octanol–water partition coefficient (Wildman–Crippen LogP) is 7.03. The minimum absolute atomic E-state index is 0.00427. The Morgan fingerprint density at radius 1 is 0.727 bits per heavy atom. The van der Waals surface area contributed by atoms with Crippen LogP contribution in [0.5, 0.6) is 0 Å². The third-order valence-corrected chi connectivity index (χ3v) is 5.61. The molecular formula is C20H39ClO. The molecule has 0 saturated carbocycles. The monoisotopic (exact) mass is 330 g/mol. The molecule has 0 spiro atoms. The van der Waals surface area contributed by atoms with Gasteiger partial charge in [0.15, 0.2) is 5.56 Å². The summed E-state index contributed by atoms with van der Waals surface area (Å²) in [5.41, 5.74) is 0.00427. The van der Waals surface area contributed by atoms with E-state index >= 15 is 0 Å². The number of hydrogen-bond donors (Lipinski definition) is 0. The quantitative estimate of drug-likeness (QED) is 0.261. The van der Waals surface area contributed by atoms with Crippen LogP contribution in [0.25, 0.3) is 0 Å². The molecule has 0 aromatic heterocycles. The van der Waals surface area contributed by atoms with E-state index in [1.165, 1.54) is 57.8 Å². The van der Waals surface area contributed by atoms with Gasteiger partial charge in [0, 0.05) is 0 Å². The van der Waals surface area contributed by atoms with E-state index in [4.69, 9.17) is 16.3 Å². The van der Waals surface area contributed by atoms with Crippen molar-refractivity contribution in [1.82, 2.24) is 0 Å². The van der Waals surface area contributed by atoms with Crippen LogP contribution in [0.4, 0.5) is 0 Å². The first kappa shape index (κ1) is 20.3. The molecule has 0 aromatic carbocycles. The van der Waals surface area contributed by atoms with Crippen LogP contribution in [0.2, 0.25) is 0 Å². The number of rotatable bonds is 13. The second-order valence-corrected chi connectivity index (χ2v) is 8.76. The number of epoxide rings is 1. The van der Waals surface area contributed by atoms with E-state index < -0.39 is 0 Å². The first-order valence-electron chi connectivity index (χ1n) is 9.69. The van der Waals surface area contributed by atoms with E-state index in [1.807, 2.05) is 0 Å². The van der Waals surface area contributed by atoms with Crippen molar-refractivity contribution in [2.75, 3.05) is 0 Å². The summed E-state index contributed by atoms with van der Waals surface area (Å²) in [5, 5.41) is 0. The first-order valence-corrected chi connectivity index (χ1v) is 10.1. The van der Waals surface area contributed by atoms with Crippen molar-refractivity contribution in [1.29, 1.82) is 0 Å². The van der Waals surface area contributed by atoms with Gasteiger partial charge in [0.25, 0.3) is 0 Å². The van der Waals surface area contributed by atoms with E-state index in [2.05, 4.69) is 34.6 Å². The highest BCUT2D eigenvalue weighted by Crippen LogP contribution is 2.35. The van der Waals surface area contributed by atoms with E-state index in [0.717, 1.165) is 17.8 Å². The molecule has 1 unspecified atom stereocenters. The molecule has 22 heavy (non-hydrogen) atoms. The lowest BCUT2D eigenvalue weighted by molar-refractivity contribution is 0.313. The highest BCUT2D eigenvalue weighted by atomic mass is 35.5. The van der Waals surface area contributed by atoms with Gasteiger partial charge in [-0.25, -0.2) is 0 Å². The number of hydrogen-bond acceptors (Lipinski definition) is 1. The molecule has 1 saturated heterocycles. The van der Waals surface area contributed by atoms with Crippen LogP contribution >= 0.6 is 11.6 Å². The maximum atomic E-state index is 5.92. The molecule has 1 aliphatic rings. The molecule has 0 N–H and O–H groups in total. The normalized spacial score (nSPS) is 25.2. The Morgan fingerprint density at radius 2 is 1.14 bits per heavy atom. The summed E-state index contributed by atoms with van der Waals surface area (Å²) in [7, 11) is 0. The van der Waals surface area contributed by atoms with Gasteiger partial charge in [-0.15, -0.1) is 0 Å². The smallest absolute Gasteiger partial charge is 0.158 e. The van der Waals surface area contributed by atoms with E-state index in [1.54, 1.807) is 0 Å². The van der Waals surface area contributed by atoms with Crippen molar-refractivity contribution in [3.05, 3.63) is 0 Å². The Bertz CT molecular complexity index is 279. The lowest BCUT2D eigenvalue weighted by Crippen LogP contribution is -2.06. The largest absolute Gasteiger partial charge is 0.352 e. The van der Waals surface area contributed by atoms with Crippen LogP contribution in [0.15, 0.2) is 0 Å². The molecule has 5 atom stereocenters. The maximum Gasteiger partial charge on any atom is 0.158 e. The molecule has 0 amide bonds. The molecule has 1 heterocycles. The standard InChI is InChI=1S/C20H39ClO/c1-15(2)9-6-10-16(3)11-7-12-17(4)13-8-14-18(5)19-20(21)22-19/h15-20H,6-14H2,1-5H3/t16-,17-,18+,19+,20?/m1/s1. The second-order valence-electron chi connectivity index (χ2n) is 8.33. The highest BCUT2D eigenvalue weighted by molar-refractivity contribution is 6.21. The van der Waals surface area contributed by atoms with Crippen LogP contribution in [0, 0.1) is 23.7 Å². The summed E-state index contributed by atoms with van der Waals surface area (Å²) in [6.45, 7) is 11.8. The Hall–Kier alpha value is 0.250.